The number of aryl methyl sites for hydroxylation is 2. The molecule has 15 nitrogen and oxygen atoms in total. The lowest BCUT2D eigenvalue weighted by molar-refractivity contribution is -0.389. The van der Waals surface area contributed by atoms with E-state index in [0.29, 0.717) is 40.1 Å². The Morgan fingerprint density at radius 3 is 1.49 bits per heavy atom. The molecule has 0 saturated carbocycles. The van der Waals surface area contributed by atoms with Gasteiger partial charge < -0.3 is 61.0 Å². The first-order chi connectivity index (χ1) is 20.9. The van der Waals surface area contributed by atoms with E-state index in [1.165, 1.54) is 6.20 Å². The summed E-state index contributed by atoms with van der Waals surface area (Å²) in [6.45, 7) is 11.7. The van der Waals surface area contributed by atoms with Crippen LogP contribution in [-0.4, -0.2) is 86.8 Å². The van der Waals surface area contributed by atoms with Crippen LogP contribution in [0.1, 0.15) is 96.0 Å². The van der Waals surface area contributed by atoms with Crippen LogP contribution in [0.3, 0.4) is 0 Å². The summed E-state index contributed by atoms with van der Waals surface area (Å²) in [7, 11) is 0. The smallest absolute Gasteiger partial charge is 0.332 e. The van der Waals surface area contributed by atoms with E-state index in [4.69, 9.17) is 40.9 Å². The number of carbonyl (C=O) groups is 2. The van der Waals surface area contributed by atoms with Crippen molar-refractivity contribution < 1.29 is 70.7 Å². The fourth-order valence-corrected chi connectivity index (χ4v) is 3.13. The lowest BCUT2D eigenvalue weighted by Crippen LogP contribution is -2.36. The van der Waals surface area contributed by atoms with Gasteiger partial charge in [-0.25, -0.2) is 9.78 Å². The van der Waals surface area contributed by atoms with E-state index in [2.05, 4.69) is 9.97 Å². The minimum atomic E-state index is -1.39. The number of aromatic amines is 1. The zero-order chi connectivity index (χ0) is 35.9. The van der Waals surface area contributed by atoms with Crippen molar-refractivity contribution in [2.24, 2.45) is 11.8 Å². The molecule has 47 heavy (non-hydrogen) atoms. The Bertz CT molecular complexity index is 1030. The second-order valence-corrected chi connectivity index (χ2v) is 10.4. The van der Waals surface area contributed by atoms with Gasteiger partial charge in [0.05, 0.1) is 49.8 Å². The van der Waals surface area contributed by atoms with Gasteiger partial charge in [-0.15, -0.1) is 0 Å². The number of hydrogen-bond donors (Lipinski definition) is 10. The maximum Gasteiger partial charge on any atom is 0.332 e. The highest BCUT2D eigenvalue weighted by atomic mass is 16.4. The van der Waals surface area contributed by atoms with E-state index < -0.39 is 24.1 Å². The highest BCUT2D eigenvalue weighted by Crippen LogP contribution is 2.23. The first kappa shape index (κ1) is 53.1. The van der Waals surface area contributed by atoms with Crippen LogP contribution in [0.5, 0.6) is 11.5 Å². The van der Waals surface area contributed by atoms with Gasteiger partial charge in [0.25, 0.3) is 0 Å². The monoisotopic (exact) mass is 680 g/mol. The molecular formula is C32H60N2O13. The van der Waals surface area contributed by atoms with Gasteiger partial charge in [0.15, 0.2) is 18.1 Å². The molecule has 2 unspecified atom stereocenters. The average Bonchev–Trinajstić information content (AvgIpc) is 2.96. The highest BCUT2D eigenvalue weighted by molar-refractivity contribution is 5.71. The molecule has 0 bridgehead atoms. The number of aromatic nitrogens is 2. The van der Waals surface area contributed by atoms with Crippen molar-refractivity contribution in [3.63, 3.8) is 0 Å². The molecule has 2 rings (SSSR count). The Balaban J connectivity index is -0.000000161. The summed E-state index contributed by atoms with van der Waals surface area (Å²) in [5, 5.41) is 97.1. The molecule has 0 aliphatic rings. The maximum atomic E-state index is 9.98. The Morgan fingerprint density at radius 1 is 0.787 bits per heavy atom. The lowest BCUT2D eigenvalue weighted by atomic mass is 10.1. The van der Waals surface area contributed by atoms with Crippen LogP contribution in [0.25, 0.3) is 0 Å². The third kappa shape index (κ3) is 23.5. The van der Waals surface area contributed by atoms with Crippen LogP contribution >= 0.6 is 0 Å². The summed E-state index contributed by atoms with van der Waals surface area (Å²) in [5.41, 5.74) is 2.74. The third-order valence-corrected chi connectivity index (χ3v) is 5.53. The molecule has 0 amide bonds. The van der Waals surface area contributed by atoms with E-state index in [9.17, 15) is 24.9 Å². The number of aromatic hydroxyl groups is 2. The Labute approximate surface area is 278 Å². The van der Waals surface area contributed by atoms with Crippen LogP contribution in [0, 0.1) is 25.7 Å². The number of nitrogens with zero attached hydrogens (tertiary/aromatic N) is 1. The molecule has 0 radical (unpaired) electrons. The molecule has 15 heteroatoms. The van der Waals surface area contributed by atoms with E-state index in [1.54, 1.807) is 27.0 Å². The standard InChI is InChI=1S/2C8H11NO3.2C6H12O3.C2H6O.2CH4/c2*1-5-8(12)7(4-11)6(3-10)2-9-5;2*1-4(2)3-5(7)6(8)9;1-2-3;;/h2*2,10-12H,3-4H2,1H3;2*4-5,7H,3H2,1-2H3,(H,8,9);3H,2H2,1H3;2*1H4. The normalized spacial score (nSPS) is 10.9. The van der Waals surface area contributed by atoms with E-state index in [-0.39, 0.29) is 77.6 Å². The number of carbonyl (C=O) groups excluding carboxylic acids is 1. The van der Waals surface area contributed by atoms with Crippen LogP contribution in [0.15, 0.2) is 12.4 Å². The zero-order valence-corrected chi connectivity index (χ0v) is 27.1. The van der Waals surface area contributed by atoms with Gasteiger partial charge >= 0.3 is 5.97 Å². The summed E-state index contributed by atoms with van der Waals surface area (Å²) in [6, 6.07) is 0. The number of carboxylic acid groups (broad SMARTS) is 2. The minimum absolute atomic E-state index is 0. The van der Waals surface area contributed by atoms with E-state index in [0.717, 1.165) is 0 Å². The number of aliphatic hydroxyl groups is 7. The van der Waals surface area contributed by atoms with Gasteiger partial charge in [-0.05, 0) is 38.5 Å². The molecule has 2 atom stereocenters. The van der Waals surface area contributed by atoms with E-state index in [1.807, 2.05) is 27.7 Å². The van der Waals surface area contributed by atoms with Crippen LogP contribution in [0.2, 0.25) is 0 Å². The van der Waals surface area contributed by atoms with Crippen molar-refractivity contribution >= 4 is 11.9 Å². The third-order valence-electron chi connectivity index (χ3n) is 5.53. The van der Waals surface area contributed by atoms with Crippen molar-refractivity contribution in [2.45, 2.75) is 115 Å². The average molecular weight is 681 g/mol. The molecule has 2 heterocycles. The van der Waals surface area contributed by atoms with Crippen molar-refractivity contribution in [3.05, 3.63) is 46.0 Å². The van der Waals surface area contributed by atoms with Gasteiger partial charge in [0.1, 0.15) is 5.75 Å². The molecule has 0 aliphatic carbocycles. The van der Waals surface area contributed by atoms with Crippen LogP contribution in [-0.2, 0) is 36.0 Å². The number of carboxylic acids is 2. The largest absolute Gasteiger partial charge is 0.547 e. The molecular weight excluding hydrogens is 620 g/mol. The molecule has 0 saturated heterocycles. The molecule has 0 aromatic carbocycles. The van der Waals surface area contributed by atoms with Crippen molar-refractivity contribution in [1.82, 2.24) is 4.98 Å². The minimum Gasteiger partial charge on any atom is -0.547 e. The van der Waals surface area contributed by atoms with Crippen LogP contribution < -0.4 is 10.1 Å². The SMILES string of the molecule is C.C.CC(C)CC(O)C(=O)O.CC(C)CC(O)C(=O)[O-].CCO.Cc1[nH+]cc(CO)c(CO)c1O.Cc1ncc(CO)c(CO)c1O. The molecule has 276 valence electrons. The molecule has 0 spiro atoms. The first-order valence-corrected chi connectivity index (χ1v) is 14.1. The fourth-order valence-electron chi connectivity index (χ4n) is 3.13. The van der Waals surface area contributed by atoms with Gasteiger partial charge in [0.2, 0.25) is 5.69 Å². The molecule has 2 aromatic rings. The van der Waals surface area contributed by atoms with Gasteiger partial charge in [-0.2, -0.15) is 0 Å². The van der Waals surface area contributed by atoms with E-state index >= 15 is 0 Å². The second-order valence-electron chi connectivity index (χ2n) is 10.4. The maximum absolute atomic E-state index is 9.98. The summed E-state index contributed by atoms with van der Waals surface area (Å²) in [4.78, 5) is 26.5. The summed E-state index contributed by atoms with van der Waals surface area (Å²) < 4.78 is 0. The topological polar surface area (TPSA) is 287 Å². The van der Waals surface area contributed by atoms with Crippen molar-refractivity contribution in [3.8, 4) is 11.5 Å². The number of nitrogens with one attached hydrogen (secondary N) is 1. The highest BCUT2D eigenvalue weighted by Gasteiger charge is 2.15. The number of hydrogen-bond acceptors (Lipinski definition) is 13. The summed E-state index contributed by atoms with van der Waals surface area (Å²) >= 11 is 0. The number of rotatable bonds is 10. The first-order valence-electron chi connectivity index (χ1n) is 14.1. The number of aliphatic hydroxyl groups excluding tert-OH is 7. The van der Waals surface area contributed by atoms with Crippen molar-refractivity contribution in [2.75, 3.05) is 6.61 Å². The molecule has 0 aliphatic heterocycles. The second kappa shape index (κ2) is 29.9. The number of pyridine rings is 2. The quantitative estimate of drug-likeness (QED) is 0.163. The number of aliphatic carboxylic acids is 2. The molecule has 11 N–H and O–H groups in total. The predicted molar refractivity (Wildman–Crippen MR) is 174 cm³/mol. The van der Waals surface area contributed by atoms with Crippen LogP contribution in [0.4, 0.5) is 0 Å². The molecule has 2 aromatic heterocycles. The zero-order valence-electron chi connectivity index (χ0n) is 27.1. The molecule has 0 fully saturated rings. The Morgan fingerprint density at radius 2 is 1.19 bits per heavy atom. The Hall–Kier alpha value is -3.44. The Kier molecular flexibility index (Phi) is 33.8. The predicted octanol–water partition coefficient (Wildman–Crippen LogP) is 0.472. The fraction of sp³-hybridized carbons (Fsp3) is 0.625. The summed E-state index contributed by atoms with van der Waals surface area (Å²) in [5.74, 6) is -2.12. The van der Waals surface area contributed by atoms with Gasteiger partial charge in [0, 0.05) is 36.4 Å². The summed E-state index contributed by atoms with van der Waals surface area (Å²) in [6.07, 6.45) is 1.12. The number of H-pyrrole nitrogens is 1. The van der Waals surface area contributed by atoms with Crippen molar-refractivity contribution in [1.29, 1.82) is 0 Å². The lowest BCUT2D eigenvalue weighted by Gasteiger charge is -2.12. The van der Waals surface area contributed by atoms with Gasteiger partial charge in [-0.3, -0.25) is 4.98 Å². The van der Waals surface area contributed by atoms with Gasteiger partial charge in [-0.1, -0.05) is 42.5 Å².